The molecule has 4 heterocycles. The molecule has 1 aliphatic heterocycles. The van der Waals surface area contributed by atoms with Crippen LogP contribution >= 0.6 is 0 Å². The minimum absolute atomic E-state index is 0.0190. The van der Waals surface area contributed by atoms with Gasteiger partial charge in [0.1, 0.15) is 22.7 Å². The Morgan fingerprint density at radius 1 is 1.38 bits per heavy atom. The molecule has 4 aromatic rings. The third-order valence-corrected chi connectivity index (χ3v) is 5.32. The van der Waals surface area contributed by atoms with Crippen LogP contribution in [-0.4, -0.2) is 33.5 Å². The molecule has 29 heavy (non-hydrogen) atoms. The van der Waals surface area contributed by atoms with E-state index in [1.807, 2.05) is 12.1 Å². The molecule has 0 saturated heterocycles. The van der Waals surface area contributed by atoms with Gasteiger partial charge in [-0.15, -0.1) is 0 Å². The number of methoxy groups -OCH3 is 1. The predicted molar refractivity (Wildman–Crippen MR) is 101 cm³/mol. The van der Waals surface area contributed by atoms with Crippen molar-refractivity contribution < 1.29 is 23.1 Å². The molecule has 0 bridgehead atoms. The van der Waals surface area contributed by atoms with Crippen LogP contribution < -0.4 is 0 Å². The van der Waals surface area contributed by atoms with Crippen molar-refractivity contribution in [1.29, 1.82) is 0 Å². The molecule has 146 valence electrons. The summed E-state index contributed by atoms with van der Waals surface area (Å²) in [5, 5.41) is 4.72. The lowest BCUT2D eigenvalue weighted by Gasteiger charge is -2.25. The molecule has 0 N–H and O–H groups in total. The zero-order valence-electron chi connectivity index (χ0n) is 15.7. The molecular weight excluding hydrogens is 377 g/mol. The molecule has 8 heteroatoms. The van der Waals surface area contributed by atoms with Gasteiger partial charge in [-0.05, 0) is 36.2 Å². The lowest BCUT2D eigenvalue weighted by atomic mass is 10.1. The molecule has 1 aliphatic rings. The van der Waals surface area contributed by atoms with Gasteiger partial charge in [0.25, 0.3) is 5.91 Å². The van der Waals surface area contributed by atoms with Crippen molar-refractivity contribution in [3.05, 3.63) is 70.5 Å². The lowest BCUT2D eigenvalue weighted by molar-refractivity contribution is 0.0599. The number of ether oxygens (including phenoxy) is 1. The lowest BCUT2D eigenvalue weighted by Crippen LogP contribution is -2.33. The van der Waals surface area contributed by atoms with E-state index in [-0.39, 0.29) is 23.6 Å². The summed E-state index contributed by atoms with van der Waals surface area (Å²) >= 11 is 0. The Hall–Kier alpha value is -3.68. The zero-order chi connectivity index (χ0) is 20.3. The number of aryl methyl sites for hydroxylation is 1. The molecule has 0 atom stereocenters. The predicted octanol–water partition coefficient (Wildman–Crippen LogP) is 3.47. The highest BCUT2D eigenvalue weighted by Gasteiger charge is 2.29. The first-order chi connectivity index (χ1) is 14.0. The van der Waals surface area contributed by atoms with Gasteiger partial charge in [-0.25, -0.2) is 13.7 Å². The number of furan rings is 1. The fourth-order valence-electron chi connectivity index (χ4n) is 3.85. The maximum Gasteiger partial charge on any atom is 0.341 e. The van der Waals surface area contributed by atoms with Crippen LogP contribution in [0, 0.1) is 12.7 Å². The summed E-state index contributed by atoms with van der Waals surface area (Å²) in [6.07, 6.45) is 3.36. The molecule has 1 amide bonds. The molecule has 7 nitrogen and oxygen atoms in total. The van der Waals surface area contributed by atoms with Gasteiger partial charge in [-0.1, -0.05) is 6.07 Å². The van der Waals surface area contributed by atoms with Gasteiger partial charge in [0.05, 0.1) is 30.9 Å². The highest BCUT2D eigenvalue weighted by atomic mass is 19.1. The molecule has 0 unspecified atom stereocenters. The van der Waals surface area contributed by atoms with Crippen molar-refractivity contribution in [2.45, 2.75) is 20.0 Å². The average Bonchev–Trinajstić information content (AvgIpc) is 3.34. The minimum atomic E-state index is -0.681. The first-order valence-corrected chi connectivity index (χ1v) is 9.02. The number of hydrogen-bond acceptors (Lipinski definition) is 5. The molecule has 0 radical (unpaired) electrons. The second-order valence-corrected chi connectivity index (χ2v) is 7.02. The minimum Gasteiger partial charge on any atom is -0.465 e. The SMILES string of the molecule is COC(=O)c1cc(F)c(C)c2cc(CN3Cc4cccn5ncc(c45)C3=O)oc12. The van der Waals surface area contributed by atoms with E-state index in [1.165, 1.54) is 7.11 Å². The van der Waals surface area contributed by atoms with Gasteiger partial charge in [0.15, 0.2) is 0 Å². The number of pyridine rings is 1. The third kappa shape index (κ3) is 2.52. The van der Waals surface area contributed by atoms with Crippen molar-refractivity contribution in [2.75, 3.05) is 7.11 Å². The molecular formula is C21H16FN3O4. The van der Waals surface area contributed by atoms with Crippen molar-refractivity contribution in [2.24, 2.45) is 0 Å². The quantitative estimate of drug-likeness (QED) is 0.498. The number of benzene rings is 1. The fourth-order valence-corrected chi connectivity index (χ4v) is 3.85. The Kier molecular flexibility index (Phi) is 3.70. The number of aromatic nitrogens is 2. The molecule has 0 saturated carbocycles. The maximum absolute atomic E-state index is 14.3. The normalized spacial score (nSPS) is 13.5. The summed E-state index contributed by atoms with van der Waals surface area (Å²) in [5.41, 5.74) is 2.96. The van der Waals surface area contributed by atoms with Crippen LogP contribution in [0.5, 0.6) is 0 Å². The Balaban J connectivity index is 1.55. The molecule has 0 aliphatic carbocycles. The van der Waals surface area contributed by atoms with Gasteiger partial charge in [-0.3, -0.25) is 4.79 Å². The van der Waals surface area contributed by atoms with Crippen LogP contribution in [0.25, 0.3) is 16.5 Å². The summed E-state index contributed by atoms with van der Waals surface area (Å²) < 4.78 is 26.6. The first kappa shape index (κ1) is 17.4. The number of nitrogens with zero attached hydrogens (tertiary/aromatic N) is 3. The van der Waals surface area contributed by atoms with E-state index < -0.39 is 11.8 Å². The molecule has 0 spiro atoms. The number of hydrogen-bond donors (Lipinski definition) is 0. The van der Waals surface area contributed by atoms with Gasteiger partial charge in [0.2, 0.25) is 0 Å². The van der Waals surface area contributed by atoms with Gasteiger partial charge in [-0.2, -0.15) is 5.10 Å². The van der Waals surface area contributed by atoms with E-state index in [0.29, 0.717) is 28.8 Å². The van der Waals surface area contributed by atoms with E-state index >= 15 is 0 Å². The second-order valence-electron chi connectivity index (χ2n) is 7.02. The Bertz CT molecular complexity index is 1320. The Labute approximate surface area is 164 Å². The van der Waals surface area contributed by atoms with Crippen LogP contribution in [0.1, 0.15) is 37.6 Å². The number of carbonyl (C=O) groups excluding carboxylic acids is 2. The zero-order valence-corrected chi connectivity index (χ0v) is 15.7. The van der Waals surface area contributed by atoms with Crippen LogP contribution in [-0.2, 0) is 17.8 Å². The van der Waals surface area contributed by atoms with Crippen molar-refractivity contribution in [1.82, 2.24) is 14.5 Å². The smallest absolute Gasteiger partial charge is 0.341 e. The average molecular weight is 393 g/mol. The van der Waals surface area contributed by atoms with E-state index in [1.54, 1.807) is 34.8 Å². The number of fused-ring (bicyclic) bond motifs is 1. The van der Waals surface area contributed by atoms with E-state index in [9.17, 15) is 14.0 Å². The summed E-state index contributed by atoms with van der Waals surface area (Å²) in [7, 11) is 1.23. The number of rotatable bonds is 3. The number of amides is 1. The summed E-state index contributed by atoms with van der Waals surface area (Å²) in [4.78, 5) is 26.6. The Morgan fingerprint density at radius 2 is 2.21 bits per heavy atom. The summed E-state index contributed by atoms with van der Waals surface area (Å²) in [6.45, 7) is 2.20. The highest BCUT2D eigenvalue weighted by molar-refractivity contribution is 6.04. The summed E-state index contributed by atoms with van der Waals surface area (Å²) in [6, 6.07) is 6.61. The molecule has 1 aromatic carbocycles. The van der Waals surface area contributed by atoms with Crippen LogP contribution in [0.15, 0.2) is 41.1 Å². The molecule has 0 fully saturated rings. The molecule has 5 rings (SSSR count). The van der Waals surface area contributed by atoms with E-state index in [2.05, 4.69) is 5.10 Å². The Morgan fingerprint density at radius 3 is 3.00 bits per heavy atom. The topological polar surface area (TPSA) is 77.1 Å². The van der Waals surface area contributed by atoms with Gasteiger partial charge >= 0.3 is 5.97 Å². The second kappa shape index (κ2) is 6.16. The standard InChI is InChI=1S/C21H16FN3O4/c1-11-14-6-13(29-19(14)15(7-17(11)22)21(27)28-2)10-24-9-12-4-3-5-25-18(12)16(8-23-25)20(24)26/h3-8H,9-10H2,1-2H3. The molecule has 3 aromatic heterocycles. The van der Waals surface area contributed by atoms with Crippen LogP contribution in [0.2, 0.25) is 0 Å². The highest BCUT2D eigenvalue weighted by Crippen LogP contribution is 2.31. The largest absolute Gasteiger partial charge is 0.465 e. The van der Waals surface area contributed by atoms with E-state index in [4.69, 9.17) is 9.15 Å². The third-order valence-electron chi connectivity index (χ3n) is 5.32. The summed E-state index contributed by atoms with van der Waals surface area (Å²) in [5.74, 6) is -0.902. The van der Waals surface area contributed by atoms with E-state index in [0.717, 1.165) is 17.1 Å². The number of esters is 1. The number of halogens is 1. The monoisotopic (exact) mass is 393 g/mol. The fraction of sp³-hybridized carbons (Fsp3) is 0.190. The van der Waals surface area contributed by atoms with Gasteiger partial charge < -0.3 is 14.1 Å². The maximum atomic E-state index is 14.3. The van der Waals surface area contributed by atoms with Crippen LogP contribution in [0.4, 0.5) is 4.39 Å². The van der Waals surface area contributed by atoms with Gasteiger partial charge in [0, 0.05) is 18.1 Å². The van der Waals surface area contributed by atoms with Crippen molar-refractivity contribution in [3.8, 4) is 0 Å². The van der Waals surface area contributed by atoms with Crippen molar-refractivity contribution >= 4 is 28.4 Å². The van der Waals surface area contributed by atoms with Crippen LogP contribution in [0.3, 0.4) is 0 Å². The van der Waals surface area contributed by atoms with Crippen molar-refractivity contribution in [3.63, 3.8) is 0 Å². The number of carbonyl (C=O) groups is 2. The first-order valence-electron chi connectivity index (χ1n) is 9.02.